The number of hydrogen-bond donors (Lipinski definition) is 1. The second-order valence-corrected chi connectivity index (χ2v) is 8.42. The quantitative estimate of drug-likeness (QED) is 0.702. The number of methoxy groups -OCH3 is 1. The number of sulfone groups is 1. The van der Waals surface area contributed by atoms with Gasteiger partial charge in [0.1, 0.15) is 0 Å². The van der Waals surface area contributed by atoms with Crippen LogP contribution in [0.15, 0.2) is 46.8 Å². The van der Waals surface area contributed by atoms with Gasteiger partial charge in [0.15, 0.2) is 15.0 Å². The lowest BCUT2D eigenvalue weighted by Crippen LogP contribution is -1.99. The molecule has 0 spiro atoms. The summed E-state index contributed by atoms with van der Waals surface area (Å²) in [4.78, 5) is 8.68. The highest BCUT2D eigenvalue weighted by atomic mass is 35.5. The van der Waals surface area contributed by atoms with Gasteiger partial charge >= 0.3 is 0 Å². The summed E-state index contributed by atoms with van der Waals surface area (Å²) in [5.74, 6) is 0.517. The number of hydrogen-bond acceptors (Lipinski definition) is 7. The summed E-state index contributed by atoms with van der Waals surface area (Å²) in [6.07, 6.45) is 2.78. The summed E-state index contributed by atoms with van der Waals surface area (Å²) in [5, 5.41) is 5.86. The van der Waals surface area contributed by atoms with E-state index in [2.05, 4.69) is 15.3 Å². The van der Waals surface area contributed by atoms with Crippen LogP contribution in [0, 0.1) is 0 Å². The van der Waals surface area contributed by atoms with Gasteiger partial charge in [-0.15, -0.1) is 11.3 Å². The molecule has 9 heteroatoms. The predicted octanol–water partition coefficient (Wildman–Crippen LogP) is 4.01. The highest BCUT2D eigenvalue weighted by Crippen LogP contribution is 2.30. The van der Waals surface area contributed by atoms with Crippen LogP contribution in [-0.2, 0) is 9.84 Å². The number of nitrogens with one attached hydrogen (secondary N) is 1. The van der Waals surface area contributed by atoms with Crippen molar-refractivity contribution in [2.45, 2.75) is 4.90 Å². The topological polar surface area (TPSA) is 81.2 Å². The van der Waals surface area contributed by atoms with Crippen molar-refractivity contribution in [2.75, 3.05) is 18.7 Å². The Balaban J connectivity index is 1.83. The molecule has 2 aromatic heterocycles. The molecule has 0 amide bonds. The average Bonchev–Trinajstić information content (AvgIpc) is 3.02. The fraction of sp³-hybridized carbons (Fsp3) is 0.125. The molecule has 1 N–H and O–H groups in total. The standard InChI is InChI=1S/C16H14ClN3O3S2/c1-23-15-7-10(5-6-18-15)13-9-24-16(20-13)19-11-3-4-14(12(17)8-11)25(2,21)22/h3-9H,1-2H3,(H,19,20). The molecule has 0 bridgehead atoms. The van der Waals surface area contributed by atoms with Crippen molar-refractivity contribution in [3.63, 3.8) is 0 Å². The van der Waals surface area contributed by atoms with E-state index in [-0.39, 0.29) is 9.92 Å². The second kappa shape index (κ2) is 6.99. The molecule has 3 rings (SSSR count). The Labute approximate surface area is 154 Å². The summed E-state index contributed by atoms with van der Waals surface area (Å²) in [5.41, 5.74) is 2.33. The van der Waals surface area contributed by atoms with E-state index in [0.717, 1.165) is 17.5 Å². The summed E-state index contributed by atoms with van der Waals surface area (Å²) in [6.45, 7) is 0. The van der Waals surface area contributed by atoms with Crippen molar-refractivity contribution in [3.8, 4) is 17.1 Å². The molecule has 0 unspecified atom stereocenters. The average molecular weight is 396 g/mol. The van der Waals surface area contributed by atoms with E-state index in [1.165, 1.54) is 17.4 Å². The largest absolute Gasteiger partial charge is 0.481 e. The van der Waals surface area contributed by atoms with Crippen molar-refractivity contribution < 1.29 is 13.2 Å². The Morgan fingerprint density at radius 2 is 2.04 bits per heavy atom. The number of rotatable bonds is 5. The van der Waals surface area contributed by atoms with Crippen LogP contribution in [0.5, 0.6) is 5.88 Å². The fourth-order valence-corrected chi connectivity index (χ4v) is 4.22. The lowest BCUT2D eigenvalue weighted by molar-refractivity contribution is 0.398. The third-order valence-electron chi connectivity index (χ3n) is 3.33. The number of ether oxygens (including phenoxy) is 1. The molecule has 0 fully saturated rings. The molecule has 0 saturated heterocycles. The zero-order valence-corrected chi connectivity index (χ0v) is 15.7. The highest BCUT2D eigenvalue weighted by Gasteiger charge is 2.13. The Morgan fingerprint density at radius 1 is 1.24 bits per heavy atom. The maximum Gasteiger partial charge on any atom is 0.213 e. The van der Waals surface area contributed by atoms with E-state index in [1.807, 2.05) is 11.4 Å². The van der Waals surface area contributed by atoms with Gasteiger partial charge in [0.05, 0.1) is 22.7 Å². The zero-order valence-electron chi connectivity index (χ0n) is 13.4. The first-order chi connectivity index (χ1) is 11.9. The van der Waals surface area contributed by atoms with E-state index in [4.69, 9.17) is 16.3 Å². The maximum absolute atomic E-state index is 11.6. The molecule has 3 aromatic rings. The van der Waals surface area contributed by atoms with Gasteiger partial charge < -0.3 is 10.1 Å². The smallest absolute Gasteiger partial charge is 0.213 e. The lowest BCUT2D eigenvalue weighted by atomic mass is 10.2. The van der Waals surface area contributed by atoms with E-state index < -0.39 is 9.84 Å². The van der Waals surface area contributed by atoms with Crippen LogP contribution in [0.2, 0.25) is 5.02 Å². The van der Waals surface area contributed by atoms with E-state index >= 15 is 0 Å². The Bertz CT molecular complexity index is 1020. The SMILES string of the molecule is COc1cc(-c2csc(Nc3ccc(S(C)(=O)=O)c(Cl)c3)n2)ccn1. The molecule has 0 aliphatic carbocycles. The molecular formula is C16H14ClN3O3S2. The maximum atomic E-state index is 11.6. The van der Waals surface area contributed by atoms with Crippen molar-refractivity contribution in [1.82, 2.24) is 9.97 Å². The minimum Gasteiger partial charge on any atom is -0.481 e. The molecule has 0 saturated carbocycles. The van der Waals surface area contributed by atoms with Gasteiger partial charge in [0, 0.05) is 35.1 Å². The molecule has 1 aromatic carbocycles. The summed E-state index contributed by atoms with van der Waals surface area (Å²) in [7, 11) is -1.79. The molecule has 25 heavy (non-hydrogen) atoms. The second-order valence-electron chi connectivity index (χ2n) is 5.17. The molecular weight excluding hydrogens is 382 g/mol. The van der Waals surface area contributed by atoms with Crippen LogP contribution < -0.4 is 10.1 Å². The van der Waals surface area contributed by atoms with Gasteiger partial charge in [0.25, 0.3) is 0 Å². The monoisotopic (exact) mass is 395 g/mol. The van der Waals surface area contributed by atoms with Crippen LogP contribution in [-0.4, -0.2) is 31.8 Å². The number of thiazole rings is 1. The number of benzene rings is 1. The van der Waals surface area contributed by atoms with Crippen molar-refractivity contribution in [2.24, 2.45) is 0 Å². The van der Waals surface area contributed by atoms with Gasteiger partial charge in [-0.05, 0) is 24.3 Å². The predicted molar refractivity (Wildman–Crippen MR) is 99.7 cm³/mol. The Kier molecular flexibility index (Phi) is 4.94. The van der Waals surface area contributed by atoms with Gasteiger partial charge in [-0.2, -0.15) is 0 Å². The molecule has 6 nitrogen and oxygen atoms in total. The van der Waals surface area contributed by atoms with Crippen molar-refractivity contribution >= 4 is 43.6 Å². The number of halogens is 1. The van der Waals surface area contributed by atoms with E-state index in [9.17, 15) is 8.42 Å². The highest BCUT2D eigenvalue weighted by molar-refractivity contribution is 7.90. The van der Waals surface area contributed by atoms with Crippen LogP contribution in [0.25, 0.3) is 11.3 Å². The molecule has 0 radical (unpaired) electrons. The van der Waals surface area contributed by atoms with E-state index in [1.54, 1.807) is 31.5 Å². The Hall–Kier alpha value is -2.16. The van der Waals surface area contributed by atoms with Crippen LogP contribution >= 0.6 is 22.9 Å². The first kappa shape index (κ1) is 17.7. The normalized spacial score (nSPS) is 11.3. The van der Waals surface area contributed by atoms with E-state index in [0.29, 0.717) is 16.7 Å². The number of pyridine rings is 1. The number of nitrogens with zero attached hydrogens (tertiary/aromatic N) is 2. The Morgan fingerprint density at radius 3 is 2.72 bits per heavy atom. The number of aromatic nitrogens is 2. The van der Waals surface area contributed by atoms with Gasteiger partial charge in [0.2, 0.25) is 5.88 Å². The summed E-state index contributed by atoms with van der Waals surface area (Å²) < 4.78 is 28.3. The van der Waals surface area contributed by atoms with Crippen molar-refractivity contribution in [3.05, 3.63) is 46.9 Å². The zero-order chi connectivity index (χ0) is 18.0. The first-order valence-electron chi connectivity index (χ1n) is 7.09. The molecule has 130 valence electrons. The van der Waals surface area contributed by atoms with Crippen molar-refractivity contribution in [1.29, 1.82) is 0 Å². The van der Waals surface area contributed by atoms with Crippen LogP contribution in [0.3, 0.4) is 0 Å². The minimum atomic E-state index is -3.35. The molecule has 0 aliphatic rings. The molecule has 0 aliphatic heterocycles. The molecule has 2 heterocycles. The van der Waals surface area contributed by atoms with Crippen LogP contribution in [0.4, 0.5) is 10.8 Å². The third-order valence-corrected chi connectivity index (χ3v) is 5.66. The first-order valence-corrected chi connectivity index (χ1v) is 10.2. The van der Waals surface area contributed by atoms with Gasteiger partial charge in [-0.3, -0.25) is 0 Å². The molecule has 0 atom stereocenters. The van der Waals surface area contributed by atoms with Gasteiger partial charge in [-0.1, -0.05) is 11.6 Å². The number of anilines is 2. The fourth-order valence-electron chi connectivity index (χ4n) is 2.15. The lowest BCUT2D eigenvalue weighted by Gasteiger charge is -2.06. The third kappa shape index (κ3) is 4.09. The summed E-state index contributed by atoms with van der Waals surface area (Å²) >= 11 is 7.48. The minimum absolute atomic E-state index is 0.100. The summed E-state index contributed by atoms with van der Waals surface area (Å²) in [6, 6.07) is 8.34. The van der Waals surface area contributed by atoms with Crippen LogP contribution in [0.1, 0.15) is 0 Å². The van der Waals surface area contributed by atoms with Gasteiger partial charge in [-0.25, -0.2) is 18.4 Å².